The van der Waals surface area contributed by atoms with Crippen LogP contribution in [-0.2, 0) is 6.42 Å². The lowest BCUT2D eigenvalue weighted by Gasteiger charge is -2.35. The number of nitrogens with zero attached hydrogens (tertiary/aromatic N) is 1. The number of alkyl halides is 3. The van der Waals surface area contributed by atoms with Crippen LogP contribution in [0.3, 0.4) is 0 Å². The summed E-state index contributed by atoms with van der Waals surface area (Å²) >= 11 is 6.17. The van der Waals surface area contributed by atoms with E-state index in [1.165, 1.54) is 0 Å². The maximum absolute atomic E-state index is 12.7. The van der Waals surface area contributed by atoms with Crippen molar-refractivity contribution in [3.05, 3.63) is 28.8 Å². The third kappa shape index (κ3) is 3.38. The van der Waals surface area contributed by atoms with Crippen LogP contribution in [0, 0.1) is 5.92 Å². The molecule has 0 amide bonds. The van der Waals surface area contributed by atoms with E-state index in [2.05, 4.69) is 0 Å². The Morgan fingerprint density at radius 3 is 2.45 bits per heavy atom. The van der Waals surface area contributed by atoms with Crippen molar-refractivity contribution in [2.45, 2.75) is 25.4 Å². The summed E-state index contributed by atoms with van der Waals surface area (Å²) in [5.74, 6) is -1.18. The number of halogens is 4. The number of anilines is 1. The van der Waals surface area contributed by atoms with Crippen LogP contribution >= 0.6 is 11.6 Å². The fraction of sp³-hybridized carbons (Fsp3) is 0.571. The Balaban J connectivity index is 2.13. The number of hydrogen-bond donors (Lipinski definition) is 1. The summed E-state index contributed by atoms with van der Waals surface area (Å²) in [7, 11) is 0. The van der Waals surface area contributed by atoms with E-state index in [1.54, 1.807) is 6.07 Å². The summed E-state index contributed by atoms with van der Waals surface area (Å²) in [5.41, 5.74) is 7.43. The van der Waals surface area contributed by atoms with Crippen molar-refractivity contribution in [1.82, 2.24) is 0 Å². The van der Waals surface area contributed by atoms with Gasteiger partial charge < -0.3 is 10.6 Å². The van der Waals surface area contributed by atoms with Crippen LogP contribution in [-0.4, -0.2) is 25.8 Å². The Kier molecular flexibility index (Phi) is 4.81. The molecule has 0 radical (unpaired) electrons. The van der Waals surface area contributed by atoms with Gasteiger partial charge in [0.15, 0.2) is 0 Å². The largest absolute Gasteiger partial charge is 0.391 e. The standard InChI is InChI=1S/C14H18ClF3N2/c15-12-2-1-3-13(11(12)4-7-19)20-8-5-10(6-9-20)14(16,17)18/h1-3,10H,4-9,19H2. The van der Waals surface area contributed by atoms with Gasteiger partial charge in [-0.3, -0.25) is 0 Å². The summed E-state index contributed by atoms with van der Waals surface area (Å²) in [5, 5.41) is 0.630. The first-order chi connectivity index (χ1) is 9.43. The molecule has 0 spiro atoms. The van der Waals surface area contributed by atoms with E-state index in [1.807, 2.05) is 17.0 Å². The molecular formula is C14H18ClF3N2. The fourth-order valence-corrected chi connectivity index (χ4v) is 2.95. The van der Waals surface area contributed by atoms with Crippen molar-refractivity contribution < 1.29 is 13.2 Å². The van der Waals surface area contributed by atoms with Crippen molar-refractivity contribution in [3.63, 3.8) is 0 Å². The average Bonchev–Trinajstić information content (AvgIpc) is 2.40. The van der Waals surface area contributed by atoms with E-state index >= 15 is 0 Å². The number of benzene rings is 1. The maximum Gasteiger partial charge on any atom is 0.391 e. The quantitative estimate of drug-likeness (QED) is 0.924. The number of hydrogen-bond acceptors (Lipinski definition) is 2. The number of rotatable bonds is 3. The van der Waals surface area contributed by atoms with Crippen molar-refractivity contribution in [1.29, 1.82) is 0 Å². The topological polar surface area (TPSA) is 29.3 Å². The lowest BCUT2D eigenvalue weighted by atomic mass is 9.95. The monoisotopic (exact) mass is 306 g/mol. The van der Waals surface area contributed by atoms with Crippen molar-refractivity contribution in [2.24, 2.45) is 11.7 Å². The predicted molar refractivity (Wildman–Crippen MR) is 75.2 cm³/mol. The third-order valence-electron chi connectivity index (χ3n) is 3.79. The lowest BCUT2D eigenvalue weighted by Crippen LogP contribution is -2.39. The minimum atomic E-state index is -4.08. The van der Waals surface area contributed by atoms with Gasteiger partial charge in [0.2, 0.25) is 0 Å². The van der Waals surface area contributed by atoms with E-state index in [-0.39, 0.29) is 12.8 Å². The van der Waals surface area contributed by atoms with E-state index in [0.29, 0.717) is 31.1 Å². The molecule has 1 aliphatic rings. The molecule has 1 aliphatic heterocycles. The van der Waals surface area contributed by atoms with Crippen LogP contribution in [0.15, 0.2) is 18.2 Å². The fourth-order valence-electron chi connectivity index (χ4n) is 2.68. The normalized spacial score (nSPS) is 17.6. The van der Waals surface area contributed by atoms with E-state index < -0.39 is 12.1 Å². The second-order valence-corrected chi connectivity index (χ2v) is 5.49. The van der Waals surface area contributed by atoms with Gasteiger partial charge in [-0.1, -0.05) is 17.7 Å². The van der Waals surface area contributed by atoms with E-state index in [9.17, 15) is 13.2 Å². The molecule has 2 nitrogen and oxygen atoms in total. The van der Waals surface area contributed by atoms with Gasteiger partial charge in [-0.2, -0.15) is 13.2 Å². The van der Waals surface area contributed by atoms with Crippen LogP contribution in [0.25, 0.3) is 0 Å². The Morgan fingerprint density at radius 2 is 1.90 bits per heavy atom. The van der Waals surface area contributed by atoms with Crippen LogP contribution in [0.2, 0.25) is 5.02 Å². The van der Waals surface area contributed by atoms with Crippen LogP contribution < -0.4 is 10.6 Å². The molecule has 2 rings (SSSR count). The van der Waals surface area contributed by atoms with E-state index in [4.69, 9.17) is 17.3 Å². The molecule has 1 aromatic carbocycles. The molecule has 1 aromatic rings. The van der Waals surface area contributed by atoms with Crippen LogP contribution in [0.4, 0.5) is 18.9 Å². The maximum atomic E-state index is 12.7. The molecule has 0 saturated carbocycles. The third-order valence-corrected chi connectivity index (χ3v) is 4.14. The Morgan fingerprint density at radius 1 is 1.25 bits per heavy atom. The zero-order valence-electron chi connectivity index (χ0n) is 11.1. The molecule has 0 aliphatic carbocycles. The van der Waals surface area contributed by atoms with Crippen molar-refractivity contribution in [2.75, 3.05) is 24.5 Å². The predicted octanol–water partition coefficient (Wildman–Crippen LogP) is 3.62. The highest BCUT2D eigenvalue weighted by atomic mass is 35.5. The summed E-state index contributed by atoms with van der Waals surface area (Å²) < 4.78 is 38.0. The Hall–Kier alpha value is -0.940. The van der Waals surface area contributed by atoms with Gasteiger partial charge in [-0.05, 0) is 43.5 Å². The molecule has 0 bridgehead atoms. The average molecular weight is 307 g/mol. The molecule has 1 heterocycles. The van der Waals surface area contributed by atoms with Gasteiger partial charge in [0.05, 0.1) is 5.92 Å². The van der Waals surface area contributed by atoms with Gasteiger partial charge >= 0.3 is 6.18 Å². The number of piperidine rings is 1. The van der Waals surface area contributed by atoms with Gasteiger partial charge in [0.25, 0.3) is 0 Å². The minimum Gasteiger partial charge on any atom is -0.371 e. The summed E-state index contributed by atoms with van der Waals surface area (Å²) in [6.45, 7) is 1.28. The molecular weight excluding hydrogens is 289 g/mol. The zero-order chi connectivity index (χ0) is 14.8. The highest BCUT2D eigenvalue weighted by Crippen LogP contribution is 2.37. The Labute approximate surface area is 121 Å². The molecule has 6 heteroatoms. The molecule has 2 N–H and O–H groups in total. The summed E-state index contributed by atoms with van der Waals surface area (Å²) in [4.78, 5) is 1.99. The smallest absolute Gasteiger partial charge is 0.371 e. The van der Waals surface area contributed by atoms with Crippen molar-refractivity contribution in [3.8, 4) is 0 Å². The number of nitrogens with two attached hydrogens (primary N) is 1. The zero-order valence-corrected chi connectivity index (χ0v) is 11.8. The minimum absolute atomic E-state index is 0.137. The highest BCUT2D eigenvalue weighted by Gasteiger charge is 2.41. The molecule has 1 saturated heterocycles. The second kappa shape index (κ2) is 6.22. The molecule has 0 atom stereocenters. The molecule has 1 fully saturated rings. The summed E-state index contributed by atoms with van der Waals surface area (Å²) in [6, 6.07) is 5.52. The second-order valence-electron chi connectivity index (χ2n) is 5.08. The van der Waals surface area contributed by atoms with Crippen LogP contribution in [0.1, 0.15) is 18.4 Å². The van der Waals surface area contributed by atoms with Crippen LogP contribution in [0.5, 0.6) is 0 Å². The molecule has 20 heavy (non-hydrogen) atoms. The summed E-state index contributed by atoms with van der Waals surface area (Å²) in [6.07, 6.45) is -3.18. The highest BCUT2D eigenvalue weighted by molar-refractivity contribution is 6.31. The SMILES string of the molecule is NCCc1c(Cl)cccc1N1CCC(C(F)(F)F)CC1. The van der Waals surface area contributed by atoms with Gasteiger partial charge in [-0.15, -0.1) is 0 Å². The lowest BCUT2D eigenvalue weighted by molar-refractivity contribution is -0.179. The van der Waals surface area contributed by atoms with Crippen molar-refractivity contribution >= 4 is 17.3 Å². The van der Waals surface area contributed by atoms with Gasteiger partial charge in [0, 0.05) is 23.8 Å². The van der Waals surface area contributed by atoms with Gasteiger partial charge in [-0.25, -0.2) is 0 Å². The molecule has 112 valence electrons. The van der Waals surface area contributed by atoms with Gasteiger partial charge in [0.1, 0.15) is 0 Å². The first-order valence-electron chi connectivity index (χ1n) is 6.72. The molecule has 0 aromatic heterocycles. The first kappa shape index (κ1) is 15.4. The van der Waals surface area contributed by atoms with E-state index in [0.717, 1.165) is 11.3 Å². The Bertz CT molecular complexity index is 454. The molecule has 0 unspecified atom stereocenters. The first-order valence-corrected chi connectivity index (χ1v) is 7.10.